The molecule has 27 heavy (non-hydrogen) atoms. The van der Waals surface area contributed by atoms with Crippen molar-refractivity contribution >= 4 is 28.3 Å². The van der Waals surface area contributed by atoms with Crippen LogP contribution in [0.25, 0.3) is 10.4 Å². The van der Waals surface area contributed by atoms with E-state index in [0.717, 1.165) is 42.3 Å². The molecule has 3 rings (SSSR count). The SMILES string of the molecule is NC(=O)Nc1sc(-c2ccc(OCCC3CNCCO3)cc2)cc1C(N)=O. The maximum absolute atomic E-state index is 11.6. The van der Waals surface area contributed by atoms with Crippen LogP contribution in [0.3, 0.4) is 0 Å². The van der Waals surface area contributed by atoms with Gasteiger partial charge in [-0.15, -0.1) is 11.3 Å². The summed E-state index contributed by atoms with van der Waals surface area (Å²) in [5.41, 5.74) is 11.6. The summed E-state index contributed by atoms with van der Waals surface area (Å²) in [4.78, 5) is 23.4. The first kappa shape index (κ1) is 19.2. The van der Waals surface area contributed by atoms with Gasteiger partial charge in [0.15, 0.2) is 0 Å². The van der Waals surface area contributed by atoms with Crippen molar-refractivity contribution in [3.63, 3.8) is 0 Å². The lowest BCUT2D eigenvalue weighted by Crippen LogP contribution is -2.39. The number of rotatable bonds is 7. The molecule has 1 fully saturated rings. The average Bonchev–Trinajstić information content (AvgIpc) is 3.06. The Hall–Kier alpha value is -2.62. The molecule has 1 aliphatic heterocycles. The van der Waals surface area contributed by atoms with Crippen molar-refractivity contribution in [2.24, 2.45) is 11.5 Å². The van der Waals surface area contributed by atoms with E-state index in [9.17, 15) is 9.59 Å². The topological polar surface area (TPSA) is 129 Å². The van der Waals surface area contributed by atoms with Gasteiger partial charge in [-0.25, -0.2) is 4.79 Å². The fourth-order valence-corrected chi connectivity index (χ4v) is 3.82. The van der Waals surface area contributed by atoms with E-state index in [4.69, 9.17) is 20.9 Å². The van der Waals surface area contributed by atoms with Crippen LogP contribution in [-0.2, 0) is 4.74 Å². The number of primary amides is 2. The van der Waals surface area contributed by atoms with E-state index in [0.29, 0.717) is 11.6 Å². The third-order valence-corrected chi connectivity index (χ3v) is 5.19. The second-order valence-electron chi connectivity index (χ2n) is 6.07. The molecule has 0 radical (unpaired) electrons. The van der Waals surface area contributed by atoms with Crippen LogP contribution < -0.4 is 26.8 Å². The van der Waals surface area contributed by atoms with Crippen LogP contribution in [0, 0.1) is 0 Å². The van der Waals surface area contributed by atoms with Crippen molar-refractivity contribution in [1.29, 1.82) is 0 Å². The number of amides is 3. The number of nitrogens with one attached hydrogen (secondary N) is 2. The summed E-state index contributed by atoms with van der Waals surface area (Å²) >= 11 is 1.23. The molecule has 0 saturated carbocycles. The number of thiophene rings is 1. The van der Waals surface area contributed by atoms with E-state index in [1.807, 2.05) is 24.3 Å². The molecule has 0 aliphatic carbocycles. The van der Waals surface area contributed by atoms with Gasteiger partial charge < -0.3 is 26.3 Å². The predicted octanol–water partition coefficient (Wildman–Crippen LogP) is 1.76. The summed E-state index contributed by atoms with van der Waals surface area (Å²) in [6.45, 7) is 3.06. The lowest BCUT2D eigenvalue weighted by atomic mass is 10.1. The third-order valence-electron chi connectivity index (χ3n) is 4.09. The van der Waals surface area contributed by atoms with Gasteiger partial charge in [-0.1, -0.05) is 0 Å². The minimum atomic E-state index is -0.744. The van der Waals surface area contributed by atoms with Gasteiger partial charge in [-0.3, -0.25) is 10.1 Å². The van der Waals surface area contributed by atoms with Crippen molar-refractivity contribution < 1.29 is 19.1 Å². The summed E-state index contributed by atoms with van der Waals surface area (Å²) in [6, 6.07) is 8.39. The van der Waals surface area contributed by atoms with Gasteiger partial charge in [0.1, 0.15) is 10.8 Å². The van der Waals surface area contributed by atoms with Crippen LogP contribution in [0.5, 0.6) is 5.75 Å². The standard InChI is InChI=1S/C18H22N4O4S/c19-16(23)14-9-15(27-17(14)22-18(20)24)11-1-3-12(4-2-11)25-7-5-13-10-21-6-8-26-13/h1-4,9,13,21H,5-8,10H2,(H2,19,23)(H3,20,22,24). The Kier molecular flexibility index (Phi) is 6.28. The number of carbonyl (C=O) groups excluding carboxylic acids is 2. The summed E-state index contributed by atoms with van der Waals surface area (Å²) in [6.07, 6.45) is 1.01. The number of carbonyl (C=O) groups is 2. The first-order valence-electron chi connectivity index (χ1n) is 8.58. The fraction of sp³-hybridized carbons (Fsp3) is 0.333. The van der Waals surface area contributed by atoms with Crippen LogP contribution >= 0.6 is 11.3 Å². The number of urea groups is 1. The summed E-state index contributed by atoms with van der Waals surface area (Å²) in [5.74, 6) is 0.130. The van der Waals surface area contributed by atoms with Gasteiger partial charge in [0.05, 0.1) is 24.9 Å². The Bertz CT molecular complexity index is 800. The van der Waals surface area contributed by atoms with Crippen molar-refractivity contribution in [3.05, 3.63) is 35.9 Å². The highest BCUT2D eigenvalue weighted by atomic mass is 32.1. The summed E-state index contributed by atoms with van der Waals surface area (Å²) in [7, 11) is 0. The molecule has 3 amide bonds. The third kappa shape index (κ3) is 5.19. The highest BCUT2D eigenvalue weighted by Crippen LogP contribution is 2.35. The number of hydrogen-bond acceptors (Lipinski definition) is 6. The normalized spacial score (nSPS) is 16.7. The largest absolute Gasteiger partial charge is 0.493 e. The van der Waals surface area contributed by atoms with Crippen LogP contribution in [0.4, 0.5) is 9.80 Å². The molecular formula is C18H22N4O4S. The number of ether oxygens (including phenoxy) is 2. The average molecular weight is 390 g/mol. The fourth-order valence-electron chi connectivity index (χ4n) is 2.75. The maximum atomic E-state index is 11.6. The molecule has 1 saturated heterocycles. The molecule has 0 bridgehead atoms. The Morgan fingerprint density at radius 3 is 2.70 bits per heavy atom. The monoisotopic (exact) mass is 390 g/mol. The molecule has 9 heteroatoms. The van der Waals surface area contributed by atoms with Crippen LogP contribution in [0.2, 0.25) is 0 Å². The van der Waals surface area contributed by atoms with Crippen molar-refractivity contribution in [1.82, 2.24) is 5.32 Å². The number of anilines is 1. The molecule has 1 atom stereocenters. The van der Waals surface area contributed by atoms with Gasteiger partial charge in [0.2, 0.25) is 0 Å². The Morgan fingerprint density at radius 2 is 2.07 bits per heavy atom. The first-order chi connectivity index (χ1) is 13.0. The first-order valence-corrected chi connectivity index (χ1v) is 9.40. The Balaban J connectivity index is 1.62. The second kappa shape index (κ2) is 8.85. The Morgan fingerprint density at radius 1 is 1.30 bits per heavy atom. The summed E-state index contributed by atoms with van der Waals surface area (Å²) < 4.78 is 11.4. The zero-order valence-electron chi connectivity index (χ0n) is 14.7. The van der Waals surface area contributed by atoms with Gasteiger partial charge >= 0.3 is 6.03 Å². The van der Waals surface area contributed by atoms with Gasteiger partial charge in [0, 0.05) is 24.4 Å². The molecule has 1 aromatic heterocycles. The van der Waals surface area contributed by atoms with Gasteiger partial charge in [-0.05, 0) is 35.9 Å². The predicted molar refractivity (Wildman–Crippen MR) is 104 cm³/mol. The van der Waals surface area contributed by atoms with E-state index in [2.05, 4.69) is 10.6 Å². The van der Waals surface area contributed by atoms with E-state index < -0.39 is 11.9 Å². The zero-order chi connectivity index (χ0) is 19.2. The minimum Gasteiger partial charge on any atom is -0.493 e. The van der Waals surface area contributed by atoms with E-state index in [1.165, 1.54) is 11.3 Å². The van der Waals surface area contributed by atoms with Crippen molar-refractivity contribution in [2.75, 3.05) is 31.6 Å². The number of morpholine rings is 1. The van der Waals surface area contributed by atoms with E-state index in [1.54, 1.807) is 6.07 Å². The highest BCUT2D eigenvalue weighted by molar-refractivity contribution is 7.20. The minimum absolute atomic E-state index is 0.188. The molecule has 2 heterocycles. The molecule has 6 N–H and O–H groups in total. The number of nitrogens with two attached hydrogens (primary N) is 2. The molecule has 0 spiro atoms. The van der Waals surface area contributed by atoms with Crippen LogP contribution in [0.1, 0.15) is 16.8 Å². The molecule has 2 aromatic rings. The quantitative estimate of drug-likeness (QED) is 0.573. The number of hydrogen-bond donors (Lipinski definition) is 4. The van der Waals surface area contributed by atoms with Crippen molar-refractivity contribution in [2.45, 2.75) is 12.5 Å². The lowest BCUT2D eigenvalue weighted by molar-refractivity contribution is 0.0159. The lowest BCUT2D eigenvalue weighted by Gasteiger charge is -2.23. The van der Waals surface area contributed by atoms with E-state index in [-0.39, 0.29) is 11.7 Å². The van der Waals surface area contributed by atoms with Gasteiger partial charge in [0.25, 0.3) is 5.91 Å². The number of benzene rings is 1. The maximum Gasteiger partial charge on any atom is 0.317 e. The molecule has 1 aliphatic rings. The van der Waals surface area contributed by atoms with Crippen LogP contribution in [0.15, 0.2) is 30.3 Å². The molecule has 144 valence electrons. The molecule has 1 unspecified atom stereocenters. The zero-order valence-corrected chi connectivity index (χ0v) is 15.5. The summed E-state index contributed by atoms with van der Waals surface area (Å²) in [5, 5.41) is 6.06. The van der Waals surface area contributed by atoms with E-state index >= 15 is 0 Å². The van der Waals surface area contributed by atoms with Crippen molar-refractivity contribution in [3.8, 4) is 16.2 Å². The molecule has 1 aromatic carbocycles. The highest BCUT2D eigenvalue weighted by Gasteiger charge is 2.16. The molecule has 8 nitrogen and oxygen atoms in total. The van der Waals surface area contributed by atoms with Crippen LogP contribution in [-0.4, -0.2) is 44.3 Å². The second-order valence-corrected chi connectivity index (χ2v) is 7.12. The smallest absolute Gasteiger partial charge is 0.317 e. The van der Waals surface area contributed by atoms with Gasteiger partial charge in [-0.2, -0.15) is 0 Å². The Labute approximate surface area is 160 Å². The molecular weight excluding hydrogens is 368 g/mol.